The van der Waals surface area contributed by atoms with Gasteiger partial charge in [0.05, 0.1) is 12.9 Å². The molecule has 17 heavy (non-hydrogen) atoms. The average molecular weight is 282 g/mol. The van der Waals surface area contributed by atoms with Crippen molar-refractivity contribution in [2.45, 2.75) is 24.9 Å². The summed E-state index contributed by atoms with van der Waals surface area (Å²) in [7, 11) is -2.15. The maximum absolute atomic E-state index is 12.3. The van der Waals surface area contributed by atoms with E-state index in [1.165, 1.54) is 15.2 Å². The fourth-order valence-corrected chi connectivity index (χ4v) is 3.45. The summed E-state index contributed by atoms with van der Waals surface area (Å²) >= 11 is 5.87. The summed E-state index contributed by atoms with van der Waals surface area (Å²) in [6, 6.07) is -0.273. The molecule has 0 aromatic carbocycles. The molecule has 1 heterocycles. The van der Waals surface area contributed by atoms with Gasteiger partial charge in [0.2, 0.25) is 5.03 Å². The van der Waals surface area contributed by atoms with Crippen LogP contribution in [0.2, 0.25) is 5.15 Å². The Morgan fingerprint density at radius 2 is 2.18 bits per heavy atom. The molecule has 1 aromatic rings. The van der Waals surface area contributed by atoms with Crippen LogP contribution in [0.4, 0.5) is 0 Å². The van der Waals surface area contributed by atoms with Crippen LogP contribution in [0.1, 0.15) is 13.8 Å². The largest absolute Gasteiger partial charge is 0.395 e. The number of aliphatic hydroxyl groups excluding tert-OH is 1. The fourth-order valence-electron chi connectivity index (χ4n) is 1.43. The molecule has 1 N–H and O–H groups in total. The minimum Gasteiger partial charge on any atom is -0.395 e. The molecule has 1 aromatic heterocycles. The summed E-state index contributed by atoms with van der Waals surface area (Å²) in [5.41, 5.74) is 0. The number of sulfonamides is 1. The highest BCUT2D eigenvalue weighted by Crippen LogP contribution is 2.23. The third-order valence-corrected chi connectivity index (χ3v) is 4.85. The number of hydrogen-bond donors (Lipinski definition) is 1. The Balaban J connectivity index is 3.21. The van der Waals surface area contributed by atoms with Crippen molar-refractivity contribution in [3.8, 4) is 0 Å². The second-order valence-corrected chi connectivity index (χ2v) is 6.05. The van der Waals surface area contributed by atoms with E-state index < -0.39 is 10.0 Å². The zero-order valence-corrected chi connectivity index (χ0v) is 11.5. The van der Waals surface area contributed by atoms with Crippen molar-refractivity contribution in [3.05, 3.63) is 11.5 Å². The predicted octanol–water partition coefficient (Wildman–Crippen LogP) is 0.465. The van der Waals surface area contributed by atoms with E-state index in [1.807, 2.05) is 0 Å². The Labute approximate surface area is 106 Å². The Kier molecular flexibility index (Phi) is 4.54. The van der Waals surface area contributed by atoms with Gasteiger partial charge in [-0.25, -0.2) is 13.4 Å². The third-order valence-electron chi connectivity index (χ3n) is 2.28. The van der Waals surface area contributed by atoms with Crippen molar-refractivity contribution in [3.63, 3.8) is 0 Å². The molecular weight excluding hydrogens is 266 g/mol. The summed E-state index contributed by atoms with van der Waals surface area (Å²) < 4.78 is 27.1. The quantitative estimate of drug-likeness (QED) is 0.851. The van der Waals surface area contributed by atoms with Gasteiger partial charge in [-0.15, -0.1) is 0 Å². The van der Waals surface area contributed by atoms with E-state index in [1.54, 1.807) is 20.9 Å². The number of hydrogen-bond acceptors (Lipinski definition) is 4. The van der Waals surface area contributed by atoms with E-state index in [9.17, 15) is 8.42 Å². The maximum atomic E-state index is 12.3. The van der Waals surface area contributed by atoms with Gasteiger partial charge < -0.3 is 9.67 Å². The summed E-state index contributed by atoms with van der Waals surface area (Å²) in [6.07, 6.45) is 1.34. The zero-order chi connectivity index (χ0) is 13.2. The molecule has 0 aliphatic heterocycles. The highest BCUT2D eigenvalue weighted by Gasteiger charge is 2.31. The van der Waals surface area contributed by atoms with Crippen LogP contribution in [0, 0.1) is 0 Å². The van der Waals surface area contributed by atoms with Crippen LogP contribution in [0.25, 0.3) is 0 Å². The molecule has 98 valence electrons. The van der Waals surface area contributed by atoms with E-state index in [0.29, 0.717) is 0 Å². The van der Waals surface area contributed by atoms with Crippen LogP contribution in [0.5, 0.6) is 0 Å². The summed E-state index contributed by atoms with van der Waals surface area (Å²) in [5.74, 6) is 0. The zero-order valence-electron chi connectivity index (χ0n) is 9.96. The van der Waals surface area contributed by atoms with Gasteiger partial charge in [0.25, 0.3) is 10.0 Å². The molecule has 0 saturated carbocycles. The number of aliphatic hydroxyl groups is 1. The van der Waals surface area contributed by atoms with E-state index in [0.717, 1.165) is 0 Å². The number of halogens is 1. The lowest BCUT2D eigenvalue weighted by atomic mass is 10.4. The third kappa shape index (κ3) is 2.79. The predicted molar refractivity (Wildman–Crippen MR) is 64.3 cm³/mol. The van der Waals surface area contributed by atoms with Gasteiger partial charge in [-0.3, -0.25) is 0 Å². The number of imidazole rings is 1. The standard InChI is InChI=1S/C9H16ClN3O3S/c1-7(2)13(4-5-14)17(15,16)9-8(10)12(3)6-11-9/h6-7,14H,4-5H2,1-3H3. The molecular formula is C9H16ClN3O3S. The van der Waals surface area contributed by atoms with Crippen LogP contribution < -0.4 is 0 Å². The molecule has 0 spiro atoms. The molecule has 0 amide bonds. The SMILES string of the molecule is CC(C)N(CCO)S(=O)(=O)c1ncn(C)c1Cl. The first kappa shape index (κ1) is 14.4. The van der Waals surface area contributed by atoms with Crippen LogP contribution in [0.15, 0.2) is 11.4 Å². The molecule has 8 heteroatoms. The van der Waals surface area contributed by atoms with Crippen LogP contribution >= 0.6 is 11.6 Å². The Bertz CT molecular complexity index is 484. The van der Waals surface area contributed by atoms with E-state index >= 15 is 0 Å². The molecule has 0 radical (unpaired) electrons. The van der Waals surface area contributed by atoms with Crippen LogP contribution in [-0.4, -0.2) is 46.6 Å². The minimum atomic E-state index is -3.76. The van der Waals surface area contributed by atoms with Gasteiger partial charge in [0, 0.05) is 19.6 Å². The van der Waals surface area contributed by atoms with Gasteiger partial charge in [-0.2, -0.15) is 4.31 Å². The van der Waals surface area contributed by atoms with Gasteiger partial charge in [-0.05, 0) is 13.8 Å². The number of aryl methyl sites for hydroxylation is 1. The van der Waals surface area contributed by atoms with Crippen LogP contribution in [-0.2, 0) is 17.1 Å². The van der Waals surface area contributed by atoms with Crippen molar-refractivity contribution >= 4 is 21.6 Å². The Morgan fingerprint density at radius 1 is 1.59 bits per heavy atom. The molecule has 1 rings (SSSR count). The summed E-state index contributed by atoms with van der Waals surface area (Å²) in [6.45, 7) is 3.23. The maximum Gasteiger partial charge on any atom is 0.263 e. The number of rotatable bonds is 5. The first-order valence-electron chi connectivity index (χ1n) is 5.12. The highest BCUT2D eigenvalue weighted by molar-refractivity contribution is 7.89. The second-order valence-electron chi connectivity index (χ2n) is 3.88. The van der Waals surface area contributed by atoms with Gasteiger partial charge >= 0.3 is 0 Å². The molecule has 0 bridgehead atoms. The van der Waals surface area contributed by atoms with Crippen LogP contribution in [0.3, 0.4) is 0 Å². The van der Waals surface area contributed by atoms with Gasteiger partial charge in [0.1, 0.15) is 5.15 Å². The van der Waals surface area contributed by atoms with E-state index in [2.05, 4.69) is 4.98 Å². The lowest BCUT2D eigenvalue weighted by molar-refractivity contribution is 0.236. The molecule has 0 fully saturated rings. The molecule has 6 nitrogen and oxygen atoms in total. The topological polar surface area (TPSA) is 75.4 Å². The highest BCUT2D eigenvalue weighted by atomic mass is 35.5. The Morgan fingerprint density at radius 3 is 2.53 bits per heavy atom. The second kappa shape index (κ2) is 5.34. The van der Waals surface area contributed by atoms with Crippen molar-refractivity contribution in [2.24, 2.45) is 7.05 Å². The molecule has 0 saturated heterocycles. The first-order valence-corrected chi connectivity index (χ1v) is 6.93. The molecule has 0 aliphatic carbocycles. The summed E-state index contributed by atoms with van der Waals surface area (Å²) in [4.78, 5) is 3.79. The van der Waals surface area contributed by atoms with Gasteiger partial charge in [-0.1, -0.05) is 11.6 Å². The summed E-state index contributed by atoms with van der Waals surface area (Å²) in [5, 5.41) is 8.79. The fraction of sp³-hybridized carbons (Fsp3) is 0.667. The molecule has 0 atom stereocenters. The van der Waals surface area contributed by atoms with Crippen molar-refractivity contribution in [1.29, 1.82) is 0 Å². The lowest BCUT2D eigenvalue weighted by Gasteiger charge is -2.24. The molecule has 0 unspecified atom stereocenters. The normalized spacial score (nSPS) is 12.6. The first-order chi connectivity index (χ1) is 7.82. The number of nitrogens with zero attached hydrogens (tertiary/aromatic N) is 3. The van der Waals surface area contributed by atoms with E-state index in [-0.39, 0.29) is 29.4 Å². The van der Waals surface area contributed by atoms with E-state index in [4.69, 9.17) is 16.7 Å². The average Bonchev–Trinajstić information content (AvgIpc) is 2.56. The lowest BCUT2D eigenvalue weighted by Crippen LogP contribution is -2.39. The molecule has 0 aliphatic rings. The Hall–Kier alpha value is -0.630. The number of aromatic nitrogens is 2. The minimum absolute atomic E-state index is 0.0207. The monoisotopic (exact) mass is 281 g/mol. The smallest absolute Gasteiger partial charge is 0.263 e. The van der Waals surface area contributed by atoms with Crippen molar-refractivity contribution in [2.75, 3.05) is 13.2 Å². The van der Waals surface area contributed by atoms with Crippen molar-refractivity contribution in [1.82, 2.24) is 13.9 Å². The van der Waals surface area contributed by atoms with Crippen molar-refractivity contribution < 1.29 is 13.5 Å². The van der Waals surface area contributed by atoms with Gasteiger partial charge in [0.15, 0.2) is 0 Å².